The lowest BCUT2D eigenvalue weighted by atomic mass is 9.75. The van der Waals surface area contributed by atoms with Crippen LogP contribution in [-0.2, 0) is 18.9 Å². The minimum Gasteiger partial charge on any atom is -0.394 e. The van der Waals surface area contributed by atoms with E-state index in [0.717, 1.165) is 18.8 Å². The molecule has 11 atom stereocenters. The largest absolute Gasteiger partial charge is 0.394 e. The van der Waals surface area contributed by atoms with E-state index in [1.165, 1.54) is 38.5 Å². The zero-order valence-corrected chi connectivity index (χ0v) is 21.1. The molecule has 10 heteroatoms. The zero-order chi connectivity index (χ0) is 23.5. The summed E-state index contributed by atoms with van der Waals surface area (Å²) in [5, 5.41) is 50.7. The van der Waals surface area contributed by atoms with Crippen LogP contribution in [0.4, 0.5) is 0 Å². The van der Waals surface area contributed by atoms with Gasteiger partial charge in [-0.25, -0.2) is 0 Å². The molecule has 0 aromatic carbocycles. The van der Waals surface area contributed by atoms with Crippen molar-refractivity contribution in [3.63, 3.8) is 0 Å². The first-order chi connectivity index (χ1) is 16.0. The van der Waals surface area contributed by atoms with Gasteiger partial charge in [0.1, 0.15) is 18.3 Å². The fraction of sp³-hybridized carbons (Fsp3) is 1.00. The Kier molecular flexibility index (Phi) is 9.67. The number of hydrogen-bond donors (Lipinski definition) is 5. The second kappa shape index (κ2) is 12.1. The molecular weight excluding hydrogens is 547 g/mol. The number of ether oxygens (including phenoxy) is 4. The molecule has 0 bridgehead atoms. The predicted molar refractivity (Wildman–Crippen MR) is 126 cm³/mol. The van der Waals surface area contributed by atoms with Crippen LogP contribution in [0, 0.1) is 11.8 Å². The summed E-state index contributed by atoms with van der Waals surface area (Å²) >= 11 is 2.01. The van der Waals surface area contributed by atoms with Crippen LogP contribution in [0.3, 0.4) is 0 Å². The average Bonchev–Trinajstić information content (AvgIpc) is 2.81. The molecule has 0 aromatic rings. The van der Waals surface area contributed by atoms with Gasteiger partial charge in [-0.2, -0.15) is 0 Å². The lowest BCUT2D eigenvalue weighted by Gasteiger charge is -2.58. The van der Waals surface area contributed by atoms with Crippen molar-refractivity contribution in [2.75, 3.05) is 19.8 Å². The van der Waals surface area contributed by atoms with E-state index in [1.807, 2.05) is 22.6 Å². The molecule has 0 spiro atoms. The number of hydrogen-bond acceptors (Lipinski definition) is 9. The molecule has 3 aliphatic heterocycles. The van der Waals surface area contributed by atoms with E-state index in [-0.39, 0.29) is 12.5 Å². The molecule has 0 aromatic heterocycles. The number of fused-ring (bicyclic) bond motifs is 1. The van der Waals surface area contributed by atoms with Crippen molar-refractivity contribution < 1.29 is 44.5 Å². The molecule has 3 saturated heterocycles. The Labute approximate surface area is 208 Å². The average molecular weight is 586 g/mol. The summed E-state index contributed by atoms with van der Waals surface area (Å²) in [5.41, 5.74) is 0. The monoisotopic (exact) mass is 586 g/mol. The Morgan fingerprint density at radius 2 is 1.48 bits per heavy atom. The Hall–Kier alpha value is 0.370. The van der Waals surface area contributed by atoms with Gasteiger partial charge in [-0.15, -0.1) is 0 Å². The maximum absolute atomic E-state index is 10.8. The van der Waals surface area contributed by atoms with Crippen LogP contribution in [0.15, 0.2) is 0 Å². The second-order valence-electron chi connectivity index (χ2n) is 9.98. The molecule has 0 radical (unpaired) electrons. The van der Waals surface area contributed by atoms with E-state index in [1.54, 1.807) is 0 Å². The summed E-state index contributed by atoms with van der Waals surface area (Å²) in [7, 11) is 0. The van der Waals surface area contributed by atoms with Crippen molar-refractivity contribution in [2.45, 2.75) is 110 Å². The molecule has 0 amide bonds. The highest BCUT2D eigenvalue weighted by Crippen LogP contribution is 2.46. The van der Waals surface area contributed by atoms with Crippen LogP contribution in [0.2, 0.25) is 0 Å². The molecule has 192 valence electrons. The minimum atomic E-state index is -1.19. The van der Waals surface area contributed by atoms with E-state index in [9.17, 15) is 25.5 Å². The van der Waals surface area contributed by atoms with Gasteiger partial charge < -0.3 is 44.5 Å². The summed E-state index contributed by atoms with van der Waals surface area (Å²) in [6.07, 6.45) is 2.55. The Balaban J connectivity index is 1.27. The third-order valence-electron chi connectivity index (χ3n) is 7.83. The van der Waals surface area contributed by atoms with Gasteiger partial charge in [0.05, 0.1) is 47.7 Å². The highest BCUT2D eigenvalue weighted by atomic mass is 127. The van der Waals surface area contributed by atoms with E-state index >= 15 is 0 Å². The first-order valence-corrected chi connectivity index (χ1v) is 13.7. The van der Waals surface area contributed by atoms with Crippen LogP contribution < -0.4 is 0 Å². The summed E-state index contributed by atoms with van der Waals surface area (Å²) in [4.78, 5) is 0. The van der Waals surface area contributed by atoms with E-state index in [0.29, 0.717) is 6.61 Å². The van der Waals surface area contributed by atoms with Crippen LogP contribution in [-0.4, -0.2) is 104 Å². The fourth-order valence-electron chi connectivity index (χ4n) is 5.87. The number of aliphatic hydroxyl groups is 5. The van der Waals surface area contributed by atoms with Gasteiger partial charge in [0, 0.05) is 12.5 Å². The van der Waals surface area contributed by atoms with E-state index in [2.05, 4.69) is 0 Å². The molecule has 1 saturated carbocycles. The number of alkyl halides is 1. The van der Waals surface area contributed by atoms with Gasteiger partial charge in [-0.05, 0) is 12.3 Å². The summed E-state index contributed by atoms with van der Waals surface area (Å²) in [5.74, 6) is 0.490. The van der Waals surface area contributed by atoms with Crippen LogP contribution in [0.5, 0.6) is 0 Å². The highest BCUT2D eigenvalue weighted by Gasteiger charge is 2.62. The summed E-state index contributed by atoms with van der Waals surface area (Å²) in [6.45, 7) is -0.210. The van der Waals surface area contributed by atoms with Crippen LogP contribution >= 0.6 is 22.6 Å². The van der Waals surface area contributed by atoms with Crippen LogP contribution in [0.1, 0.15) is 51.4 Å². The predicted octanol–water partition coefficient (Wildman–Crippen LogP) is 0.500. The van der Waals surface area contributed by atoms with Crippen LogP contribution in [0.25, 0.3) is 0 Å². The maximum atomic E-state index is 10.8. The summed E-state index contributed by atoms with van der Waals surface area (Å²) < 4.78 is 23.1. The molecule has 3 heterocycles. The molecule has 9 nitrogen and oxygen atoms in total. The third-order valence-corrected chi connectivity index (χ3v) is 9.27. The van der Waals surface area contributed by atoms with Gasteiger partial charge in [-0.3, -0.25) is 0 Å². The quantitative estimate of drug-likeness (QED) is 0.149. The van der Waals surface area contributed by atoms with Gasteiger partial charge in [0.25, 0.3) is 0 Å². The van der Waals surface area contributed by atoms with Crippen molar-refractivity contribution in [2.24, 2.45) is 11.8 Å². The molecule has 4 fully saturated rings. The normalized spacial score (nSPS) is 46.5. The Morgan fingerprint density at radius 1 is 0.758 bits per heavy atom. The number of rotatable bonds is 9. The topological polar surface area (TPSA) is 138 Å². The first kappa shape index (κ1) is 26.4. The molecule has 5 N–H and O–H groups in total. The lowest BCUT2D eigenvalue weighted by Crippen LogP contribution is -2.73. The zero-order valence-electron chi connectivity index (χ0n) is 19.0. The van der Waals surface area contributed by atoms with E-state index in [4.69, 9.17) is 18.9 Å². The number of aliphatic hydroxyl groups excluding tert-OH is 5. The highest BCUT2D eigenvalue weighted by molar-refractivity contribution is 14.1. The van der Waals surface area contributed by atoms with Gasteiger partial charge in [-0.1, -0.05) is 67.5 Å². The smallest absolute Gasteiger partial charge is 0.186 e. The van der Waals surface area contributed by atoms with Gasteiger partial charge in [0.15, 0.2) is 6.29 Å². The Bertz CT molecular complexity index is 602. The minimum absolute atomic E-state index is 0.261. The summed E-state index contributed by atoms with van der Waals surface area (Å²) in [6, 6.07) is 0. The molecule has 6 unspecified atom stereocenters. The molecule has 1 aliphatic carbocycles. The molecule has 4 aliphatic rings. The Morgan fingerprint density at radius 3 is 2.18 bits per heavy atom. The first-order valence-electron chi connectivity index (χ1n) is 12.4. The second-order valence-corrected chi connectivity index (χ2v) is 11.4. The van der Waals surface area contributed by atoms with Crippen molar-refractivity contribution in [1.82, 2.24) is 0 Å². The molecule has 33 heavy (non-hydrogen) atoms. The van der Waals surface area contributed by atoms with E-state index < -0.39 is 65.7 Å². The standard InChI is InChI=1S/C23H39IO9/c24-16-18(28)17(27)14(11-26)31-22(16)21-15-13(10-25)32-23(19(29)20(15)33-21)30-9-5-4-8-12-6-2-1-3-7-12/h12-23,25-29H,1-11H2/t13?,14?,15-,16?,17-,18?,19+,20?,21?,22+,23-/m1/s1. The molecular formula is C23H39IO9. The maximum Gasteiger partial charge on any atom is 0.186 e. The third kappa shape index (κ3) is 5.70. The molecule has 4 rings (SSSR count). The van der Waals surface area contributed by atoms with Gasteiger partial charge in [0.2, 0.25) is 0 Å². The van der Waals surface area contributed by atoms with Crippen molar-refractivity contribution in [3.8, 4) is 0 Å². The number of halogens is 1. The number of unbranched alkanes of at least 4 members (excludes halogenated alkanes) is 1. The van der Waals surface area contributed by atoms with Gasteiger partial charge >= 0.3 is 0 Å². The van der Waals surface area contributed by atoms with Crippen molar-refractivity contribution in [3.05, 3.63) is 0 Å². The van der Waals surface area contributed by atoms with Crippen molar-refractivity contribution in [1.29, 1.82) is 0 Å². The lowest BCUT2D eigenvalue weighted by molar-refractivity contribution is -0.378. The fourth-order valence-corrected chi connectivity index (χ4v) is 6.87. The SMILES string of the molecule is OCC1O[C@H](C2OC3[C@H]2C(CO)O[C@@H](OCCCCC2CCCCC2)[C@H]3O)C(I)C(O)[C@@H]1O. The van der Waals surface area contributed by atoms with Crippen molar-refractivity contribution >= 4 is 22.6 Å².